The van der Waals surface area contributed by atoms with Crippen LogP contribution in [0.25, 0.3) is 0 Å². The molecule has 1 rings (SSSR count). The number of amides is 1. The molecule has 0 aliphatic carbocycles. The van der Waals surface area contributed by atoms with Crippen molar-refractivity contribution in [3.05, 3.63) is 24.3 Å². The normalized spacial score (nSPS) is 12.2. The van der Waals surface area contributed by atoms with E-state index in [1.54, 1.807) is 31.4 Å². The van der Waals surface area contributed by atoms with Crippen LogP contribution < -0.4 is 15.8 Å². The first-order chi connectivity index (χ1) is 9.52. The molecule has 1 aromatic carbocycles. The highest BCUT2D eigenvalue weighted by molar-refractivity contribution is 5.94. The number of carbonyl (C=O) groups is 1. The van der Waals surface area contributed by atoms with Crippen molar-refractivity contribution >= 4 is 11.6 Å². The van der Waals surface area contributed by atoms with Gasteiger partial charge in [-0.15, -0.1) is 0 Å². The second-order valence-corrected chi connectivity index (χ2v) is 5.09. The SMILES string of the molecule is COCCOc1ccc(NC(=O)[C@@H](N)CC(C)C)cc1. The monoisotopic (exact) mass is 280 g/mol. The summed E-state index contributed by atoms with van der Waals surface area (Å²) in [7, 11) is 1.63. The van der Waals surface area contributed by atoms with Crippen LogP contribution in [0, 0.1) is 5.92 Å². The molecule has 0 aliphatic heterocycles. The van der Waals surface area contributed by atoms with Gasteiger partial charge in [-0.1, -0.05) is 13.8 Å². The van der Waals surface area contributed by atoms with Crippen LogP contribution >= 0.6 is 0 Å². The van der Waals surface area contributed by atoms with Crippen molar-refractivity contribution in [2.24, 2.45) is 11.7 Å². The molecule has 0 aromatic heterocycles. The van der Waals surface area contributed by atoms with Gasteiger partial charge in [0.15, 0.2) is 0 Å². The van der Waals surface area contributed by atoms with Gasteiger partial charge < -0.3 is 20.5 Å². The summed E-state index contributed by atoms with van der Waals surface area (Å²) in [5.41, 5.74) is 6.54. The number of hydrogen-bond acceptors (Lipinski definition) is 4. The van der Waals surface area contributed by atoms with Crippen molar-refractivity contribution in [1.29, 1.82) is 0 Å². The summed E-state index contributed by atoms with van der Waals surface area (Å²) in [5, 5.41) is 2.80. The third-order valence-electron chi connectivity index (χ3n) is 2.74. The largest absolute Gasteiger partial charge is 0.491 e. The van der Waals surface area contributed by atoms with Crippen molar-refractivity contribution < 1.29 is 14.3 Å². The third kappa shape index (κ3) is 6.04. The van der Waals surface area contributed by atoms with Gasteiger partial charge in [0.2, 0.25) is 5.91 Å². The number of methoxy groups -OCH3 is 1. The molecule has 0 spiro atoms. The van der Waals surface area contributed by atoms with E-state index in [0.717, 1.165) is 5.75 Å². The Kier molecular flexibility index (Phi) is 7.04. The lowest BCUT2D eigenvalue weighted by atomic mass is 10.0. The third-order valence-corrected chi connectivity index (χ3v) is 2.74. The fourth-order valence-corrected chi connectivity index (χ4v) is 1.73. The van der Waals surface area contributed by atoms with Gasteiger partial charge in [0, 0.05) is 12.8 Å². The average molecular weight is 280 g/mol. The zero-order valence-corrected chi connectivity index (χ0v) is 12.4. The lowest BCUT2D eigenvalue weighted by Crippen LogP contribution is -2.36. The lowest BCUT2D eigenvalue weighted by molar-refractivity contribution is -0.117. The molecular weight excluding hydrogens is 256 g/mol. The summed E-state index contributed by atoms with van der Waals surface area (Å²) >= 11 is 0. The molecule has 0 unspecified atom stereocenters. The van der Waals surface area contributed by atoms with E-state index in [0.29, 0.717) is 31.2 Å². The Hall–Kier alpha value is -1.59. The number of nitrogens with two attached hydrogens (primary N) is 1. The van der Waals surface area contributed by atoms with Crippen molar-refractivity contribution in [2.45, 2.75) is 26.3 Å². The number of nitrogens with one attached hydrogen (secondary N) is 1. The first-order valence-corrected chi connectivity index (χ1v) is 6.81. The van der Waals surface area contributed by atoms with Crippen LogP contribution in [-0.2, 0) is 9.53 Å². The number of carbonyl (C=O) groups excluding carboxylic acids is 1. The first kappa shape index (κ1) is 16.5. The predicted molar refractivity (Wildman–Crippen MR) is 79.9 cm³/mol. The lowest BCUT2D eigenvalue weighted by Gasteiger charge is -2.14. The molecule has 0 radical (unpaired) electrons. The highest BCUT2D eigenvalue weighted by Gasteiger charge is 2.14. The fourth-order valence-electron chi connectivity index (χ4n) is 1.73. The maximum absolute atomic E-state index is 11.9. The quantitative estimate of drug-likeness (QED) is 0.715. The molecule has 0 fully saturated rings. The fraction of sp³-hybridized carbons (Fsp3) is 0.533. The van der Waals surface area contributed by atoms with E-state index in [2.05, 4.69) is 5.32 Å². The minimum Gasteiger partial charge on any atom is -0.491 e. The maximum atomic E-state index is 11.9. The van der Waals surface area contributed by atoms with Crippen LogP contribution in [-0.4, -0.2) is 32.3 Å². The van der Waals surface area contributed by atoms with Gasteiger partial charge in [-0.2, -0.15) is 0 Å². The van der Waals surface area contributed by atoms with Gasteiger partial charge in [-0.25, -0.2) is 0 Å². The van der Waals surface area contributed by atoms with Gasteiger partial charge >= 0.3 is 0 Å². The highest BCUT2D eigenvalue weighted by atomic mass is 16.5. The summed E-state index contributed by atoms with van der Waals surface area (Å²) in [4.78, 5) is 11.9. The van der Waals surface area contributed by atoms with E-state index in [-0.39, 0.29) is 5.91 Å². The van der Waals surface area contributed by atoms with Crippen molar-refractivity contribution in [3.63, 3.8) is 0 Å². The van der Waals surface area contributed by atoms with E-state index in [9.17, 15) is 4.79 Å². The standard InChI is InChI=1S/C15H24N2O3/c1-11(2)10-14(16)15(18)17-12-4-6-13(7-5-12)20-9-8-19-3/h4-7,11,14H,8-10,16H2,1-3H3,(H,17,18)/t14-/m0/s1. The maximum Gasteiger partial charge on any atom is 0.241 e. The Morgan fingerprint density at radius 1 is 1.25 bits per heavy atom. The van der Waals surface area contributed by atoms with Crippen LogP contribution in [0.1, 0.15) is 20.3 Å². The average Bonchev–Trinajstić information content (AvgIpc) is 2.40. The van der Waals surface area contributed by atoms with Gasteiger partial charge in [0.05, 0.1) is 12.6 Å². The molecule has 0 bridgehead atoms. The first-order valence-electron chi connectivity index (χ1n) is 6.81. The summed E-state index contributed by atoms with van der Waals surface area (Å²) in [5.74, 6) is 0.977. The van der Waals surface area contributed by atoms with Gasteiger partial charge in [0.25, 0.3) is 0 Å². The predicted octanol–water partition coefficient (Wildman–Crippen LogP) is 2.02. The minimum atomic E-state index is -0.479. The number of hydrogen-bond donors (Lipinski definition) is 2. The molecule has 1 atom stereocenters. The van der Waals surface area contributed by atoms with Crippen LogP contribution in [0.4, 0.5) is 5.69 Å². The van der Waals surface area contributed by atoms with Crippen molar-refractivity contribution in [1.82, 2.24) is 0 Å². The zero-order chi connectivity index (χ0) is 15.0. The Labute approximate surface area is 120 Å². The van der Waals surface area contributed by atoms with E-state index < -0.39 is 6.04 Å². The Morgan fingerprint density at radius 2 is 1.90 bits per heavy atom. The molecule has 0 saturated carbocycles. The smallest absolute Gasteiger partial charge is 0.241 e. The van der Waals surface area contributed by atoms with E-state index >= 15 is 0 Å². The van der Waals surface area contributed by atoms with Crippen LogP contribution in [0.5, 0.6) is 5.75 Å². The van der Waals surface area contributed by atoms with Crippen molar-refractivity contribution in [2.75, 3.05) is 25.6 Å². The second-order valence-electron chi connectivity index (χ2n) is 5.09. The molecule has 112 valence electrons. The summed E-state index contributed by atoms with van der Waals surface area (Å²) in [6, 6.07) is 6.72. The molecule has 5 nitrogen and oxygen atoms in total. The van der Waals surface area contributed by atoms with Crippen LogP contribution in [0.15, 0.2) is 24.3 Å². The number of benzene rings is 1. The van der Waals surface area contributed by atoms with Crippen LogP contribution in [0.3, 0.4) is 0 Å². The molecule has 1 amide bonds. The summed E-state index contributed by atoms with van der Waals surface area (Å²) < 4.78 is 10.3. The minimum absolute atomic E-state index is 0.160. The number of rotatable bonds is 8. The topological polar surface area (TPSA) is 73.6 Å². The Morgan fingerprint density at radius 3 is 2.45 bits per heavy atom. The zero-order valence-electron chi connectivity index (χ0n) is 12.4. The van der Waals surface area contributed by atoms with Gasteiger partial charge in [0.1, 0.15) is 12.4 Å². The molecular formula is C15H24N2O3. The number of ether oxygens (including phenoxy) is 2. The van der Waals surface area contributed by atoms with Crippen molar-refractivity contribution in [3.8, 4) is 5.75 Å². The van der Waals surface area contributed by atoms with E-state index in [1.807, 2.05) is 13.8 Å². The second kappa shape index (κ2) is 8.55. The Balaban J connectivity index is 2.46. The molecule has 20 heavy (non-hydrogen) atoms. The van der Waals surface area contributed by atoms with Crippen LogP contribution in [0.2, 0.25) is 0 Å². The molecule has 0 aliphatic rings. The molecule has 0 heterocycles. The Bertz CT molecular complexity index is 404. The number of anilines is 1. The molecule has 1 aromatic rings. The van der Waals surface area contributed by atoms with E-state index in [1.165, 1.54) is 0 Å². The van der Waals surface area contributed by atoms with Gasteiger partial charge in [-0.3, -0.25) is 4.79 Å². The highest BCUT2D eigenvalue weighted by Crippen LogP contribution is 2.16. The van der Waals surface area contributed by atoms with Gasteiger partial charge in [-0.05, 0) is 36.6 Å². The summed E-state index contributed by atoms with van der Waals surface area (Å²) in [6.45, 7) is 5.13. The molecule has 0 saturated heterocycles. The van der Waals surface area contributed by atoms with E-state index in [4.69, 9.17) is 15.2 Å². The summed E-state index contributed by atoms with van der Waals surface area (Å²) in [6.07, 6.45) is 0.671. The molecule has 3 N–H and O–H groups in total. The molecule has 5 heteroatoms.